The quantitative estimate of drug-likeness (QED) is 0.276. The van der Waals surface area contributed by atoms with Crippen molar-refractivity contribution in [1.29, 1.82) is 0 Å². The van der Waals surface area contributed by atoms with Gasteiger partial charge < -0.3 is 0 Å². The van der Waals surface area contributed by atoms with E-state index in [9.17, 15) is 0 Å². The molecule has 0 aromatic rings. The van der Waals surface area contributed by atoms with Crippen LogP contribution in [0.5, 0.6) is 0 Å². The van der Waals surface area contributed by atoms with Crippen LogP contribution in [0.3, 0.4) is 0 Å². The second-order valence-corrected chi connectivity index (χ2v) is 8.77. The van der Waals surface area contributed by atoms with Crippen LogP contribution >= 0.6 is 15.9 Å². The van der Waals surface area contributed by atoms with Gasteiger partial charge in [0.15, 0.2) is 0 Å². The normalized spacial score (nSPS) is 16.1. The zero-order valence-electron chi connectivity index (χ0n) is 15.5. The summed E-state index contributed by atoms with van der Waals surface area (Å²) < 4.78 is 0. The van der Waals surface area contributed by atoms with Gasteiger partial charge in [0.25, 0.3) is 0 Å². The minimum atomic E-state index is 0.879. The minimum absolute atomic E-state index is 0.879. The second kappa shape index (κ2) is 14.1. The average molecular weight is 361 g/mol. The Morgan fingerprint density at radius 2 is 0.857 bits per heavy atom. The number of alkyl halides is 1. The summed E-state index contributed by atoms with van der Waals surface area (Å²) >= 11 is 3.54. The van der Waals surface area contributed by atoms with Crippen molar-refractivity contribution in [2.45, 2.75) is 98.8 Å². The summed E-state index contributed by atoms with van der Waals surface area (Å²) in [6, 6.07) is 0. The van der Waals surface area contributed by atoms with E-state index >= 15 is 0 Å². The predicted molar refractivity (Wildman–Crippen MR) is 102 cm³/mol. The van der Waals surface area contributed by atoms with E-state index in [1.54, 1.807) is 0 Å². The van der Waals surface area contributed by atoms with E-state index in [4.69, 9.17) is 0 Å². The summed E-state index contributed by atoms with van der Waals surface area (Å²) in [4.78, 5) is 0. The average Bonchev–Trinajstić information content (AvgIpc) is 2.38. The van der Waals surface area contributed by atoms with E-state index in [-0.39, 0.29) is 0 Å². The van der Waals surface area contributed by atoms with Gasteiger partial charge in [-0.15, -0.1) is 0 Å². The Morgan fingerprint density at radius 1 is 0.524 bits per heavy atom. The Morgan fingerprint density at radius 3 is 1.19 bits per heavy atom. The molecule has 0 radical (unpaired) electrons. The topological polar surface area (TPSA) is 0 Å². The fraction of sp³-hybridized carbons (Fsp3) is 1.00. The van der Waals surface area contributed by atoms with Crippen LogP contribution in [0.2, 0.25) is 0 Å². The van der Waals surface area contributed by atoms with Crippen molar-refractivity contribution in [1.82, 2.24) is 0 Å². The van der Waals surface area contributed by atoms with Gasteiger partial charge in [-0.2, -0.15) is 0 Å². The smallest absolute Gasteiger partial charge is 0.00338 e. The zero-order valence-corrected chi connectivity index (χ0v) is 17.1. The van der Waals surface area contributed by atoms with E-state index in [1.165, 1.54) is 69.5 Å². The molecule has 0 bridgehead atoms. The zero-order chi connectivity index (χ0) is 16.1. The Bertz CT molecular complexity index is 212. The Labute approximate surface area is 144 Å². The van der Waals surface area contributed by atoms with Crippen LogP contribution in [0, 0.1) is 23.7 Å². The lowest BCUT2D eigenvalue weighted by Crippen LogP contribution is -2.01. The summed E-state index contributed by atoms with van der Waals surface area (Å²) in [6.07, 6.45) is 14.2. The molecule has 0 rings (SSSR count). The molecule has 0 aliphatic heterocycles. The lowest BCUT2D eigenvalue weighted by atomic mass is 9.91. The third kappa shape index (κ3) is 15.2. The van der Waals surface area contributed by atoms with Crippen LogP contribution in [-0.2, 0) is 0 Å². The molecule has 0 heterocycles. The van der Waals surface area contributed by atoms with E-state index in [2.05, 4.69) is 50.5 Å². The van der Waals surface area contributed by atoms with Crippen molar-refractivity contribution in [3.63, 3.8) is 0 Å². The molecule has 1 unspecified atom stereocenters. The fourth-order valence-corrected chi connectivity index (χ4v) is 3.90. The molecule has 21 heavy (non-hydrogen) atoms. The van der Waals surface area contributed by atoms with Gasteiger partial charge in [-0.25, -0.2) is 0 Å². The molecule has 0 nitrogen and oxygen atoms in total. The Balaban J connectivity index is 3.45. The molecule has 0 aromatic heterocycles. The highest BCUT2D eigenvalue weighted by atomic mass is 79.9. The number of rotatable bonds is 14. The van der Waals surface area contributed by atoms with Crippen LogP contribution in [0.1, 0.15) is 98.8 Å². The molecule has 0 aromatic carbocycles. The lowest BCUT2D eigenvalue weighted by Gasteiger charge is -2.16. The third-order valence-electron chi connectivity index (χ3n) is 4.87. The molecule has 3 atom stereocenters. The van der Waals surface area contributed by atoms with Gasteiger partial charge in [-0.3, -0.25) is 0 Å². The summed E-state index contributed by atoms with van der Waals surface area (Å²) in [6.45, 7) is 12.0. The van der Waals surface area contributed by atoms with Gasteiger partial charge in [0.2, 0.25) is 0 Å². The first-order chi connectivity index (χ1) is 9.95. The maximum Gasteiger partial charge on any atom is 0.00338 e. The first-order valence-corrected chi connectivity index (χ1v) is 10.6. The molecular formula is C20H41Br. The fourth-order valence-electron chi connectivity index (χ4n) is 3.12. The molecule has 0 saturated heterocycles. The van der Waals surface area contributed by atoms with Crippen LogP contribution in [0.15, 0.2) is 0 Å². The molecule has 0 amide bonds. The minimum Gasteiger partial charge on any atom is -0.0928 e. The molecule has 0 N–H and O–H groups in total. The van der Waals surface area contributed by atoms with Gasteiger partial charge in [0.05, 0.1) is 0 Å². The predicted octanol–water partition coefficient (Wildman–Crippen LogP) is 7.85. The maximum absolute atomic E-state index is 3.54. The highest BCUT2D eigenvalue weighted by molar-refractivity contribution is 9.09. The van der Waals surface area contributed by atoms with Gasteiger partial charge in [-0.05, 0) is 30.1 Å². The van der Waals surface area contributed by atoms with Gasteiger partial charge in [0, 0.05) is 5.33 Å². The Hall–Kier alpha value is 0.480. The number of hydrogen-bond donors (Lipinski definition) is 0. The van der Waals surface area contributed by atoms with Crippen molar-refractivity contribution in [2.75, 3.05) is 5.33 Å². The highest BCUT2D eigenvalue weighted by Gasteiger charge is 2.07. The second-order valence-electron chi connectivity index (χ2n) is 7.98. The van der Waals surface area contributed by atoms with E-state index in [1.807, 2.05) is 0 Å². The monoisotopic (exact) mass is 360 g/mol. The molecule has 128 valence electrons. The van der Waals surface area contributed by atoms with Gasteiger partial charge in [0.1, 0.15) is 0 Å². The van der Waals surface area contributed by atoms with E-state index < -0.39 is 0 Å². The number of halogens is 1. The van der Waals surface area contributed by atoms with Crippen LogP contribution in [-0.4, -0.2) is 5.33 Å². The highest BCUT2D eigenvalue weighted by Crippen LogP contribution is 2.22. The van der Waals surface area contributed by atoms with Crippen molar-refractivity contribution in [3.8, 4) is 0 Å². The molecule has 0 saturated carbocycles. The largest absolute Gasteiger partial charge is 0.0928 e. The molecular weight excluding hydrogens is 320 g/mol. The van der Waals surface area contributed by atoms with Crippen molar-refractivity contribution < 1.29 is 0 Å². The van der Waals surface area contributed by atoms with Gasteiger partial charge >= 0.3 is 0 Å². The van der Waals surface area contributed by atoms with Crippen LogP contribution in [0.4, 0.5) is 0 Å². The van der Waals surface area contributed by atoms with E-state index in [0.717, 1.165) is 23.7 Å². The van der Waals surface area contributed by atoms with Crippen LogP contribution in [0.25, 0.3) is 0 Å². The van der Waals surface area contributed by atoms with Crippen molar-refractivity contribution in [3.05, 3.63) is 0 Å². The molecule has 1 heteroatoms. The third-order valence-corrected chi connectivity index (χ3v) is 5.33. The Kier molecular flexibility index (Phi) is 14.4. The number of hydrogen-bond acceptors (Lipinski definition) is 0. The maximum atomic E-state index is 3.54. The van der Waals surface area contributed by atoms with Crippen LogP contribution < -0.4 is 0 Å². The first-order valence-electron chi connectivity index (χ1n) is 9.51. The molecule has 0 spiro atoms. The van der Waals surface area contributed by atoms with Crippen molar-refractivity contribution >= 4 is 15.9 Å². The SMILES string of the molecule is CC(C)CCC[C@@H](C)CCC[C@@H](C)CCCC(C)CCBr. The van der Waals surface area contributed by atoms with E-state index in [0.29, 0.717) is 0 Å². The molecule has 0 aliphatic carbocycles. The lowest BCUT2D eigenvalue weighted by molar-refractivity contribution is 0.377. The first kappa shape index (κ1) is 21.5. The molecule has 0 fully saturated rings. The van der Waals surface area contributed by atoms with Crippen molar-refractivity contribution in [2.24, 2.45) is 23.7 Å². The summed E-state index contributed by atoms with van der Waals surface area (Å²) in [5, 5.41) is 1.17. The molecule has 0 aliphatic rings. The summed E-state index contributed by atoms with van der Waals surface area (Å²) in [7, 11) is 0. The van der Waals surface area contributed by atoms with Gasteiger partial charge in [-0.1, -0.05) is 108 Å². The standard InChI is InChI=1S/C20H41Br/c1-17(2)9-6-10-18(3)11-7-12-19(4)13-8-14-20(5)15-16-21/h17-20H,6-16H2,1-5H3/t18-,19-,20?/m1/s1. The summed E-state index contributed by atoms with van der Waals surface area (Å²) in [5.74, 6) is 3.65. The summed E-state index contributed by atoms with van der Waals surface area (Å²) in [5.41, 5.74) is 0.